The van der Waals surface area contributed by atoms with Crippen LogP contribution in [0.3, 0.4) is 0 Å². The zero-order chi connectivity index (χ0) is 19.4. The average molecular weight is 405 g/mol. The van der Waals surface area contributed by atoms with Gasteiger partial charge in [-0.1, -0.05) is 0 Å². The number of hydrogen-bond donors (Lipinski definition) is 0. The van der Waals surface area contributed by atoms with Crippen molar-refractivity contribution < 1.29 is 26.3 Å². The Kier molecular flexibility index (Phi) is 4.53. The van der Waals surface area contributed by atoms with Crippen molar-refractivity contribution in [2.24, 2.45) is 5.41 Å². The van der Waals surface area contributed by atoms with Gasteiger partial charge >= 0.3 is 6.18 Å². The van der Waals surface area contributed by atoms with Gasteiger partial charge in [0.05, 0.1) is 5.69 Å². The first-order chi connectivity index (χ1) is 12.6. The number of likely N-dealkylation sites (tertiary alicyclic amines) is 1. The first-order valence-corrected chi connectivity index (χ1v) is 10.4. The molecular formula is C17H22F3N3O3S. The maximum atomic E-state index is 12.8. The van der Waals surface area contributed by atoms with E-state index in [1.165, 1.54) is 11.2 Å². The summed E-state index contributed by atoms with van der Waals surface area (Å²) in [6.07, 6.45) is -2.57. The van der Waals surface area contributed by atoms with Crippen LogP contribution < -0.4 is 0 Å². The zero-order valence-electron chi connectivity index (χ0n) is 15.0. The molecule has 27 heavy (non-hydrogen) atoms. The highest BCUT2D eigenvalue weighted by Gasteiger charge is 2.56. The minimum Gasteiger partial charge on any atom is -0.381 e. The number of halogens is 3. The molecule has 4 rings (SSSR count). The Hall–Kier alpha value is -1.23. The van der Waals surface area contributed by atoms with Crippen LogP contribution >= 0.6 is 0 Å². The van der Waals surface area contributed by atoms with Gasteiger partial charge < -0.3 is 4.74 Å². The van der Waals surface area contributed by atoms with Gasteiger partial charge in [-0.15, -0.1) is 0 Å². The van der Waals surface area contributed by atoms with E-state index in [9.17, 15) is 21.6 Å². The lowest BCUT2D eigenvalue weighted by Gasteiger charge is -2.61. The van der Waals surface area contributed by atoms with Gasteiger partial charge in [-0.25, -0.2) is 13.4 Å². The highest BCUT2D eigenvalue weighted by Crippen LogP contribution is 2.44. The molecule has 1 spiro atoms. The van der Waals surface area contributed by atoms with E-state index in [0.717, 1.165) is 51.3 Å². The van der Waals surface area contributed by atoms with Crippen LogP contribution in [-0.2, 0) is 20.9 Å². The van der Waals surface area contributed by atoms with E-state index in [1.807, 2.05) is 0 Å². The average Bonchev–Trinajstić information content (AvgIpc) is 2.52. The number of rotatable bonds is 3. The molecule has 0 amide bonds. The van der Waals surface area contributed by atoms with Gasteiger partial charge in [-0.3, -0.25) is 4.90 Å². The highest BCUT2D eigenvalue weighted by molar-refractivity contribution is 7.89. The maximum Gasteiger partial charge on any atom is 0.433 e. The van der Waals surface area contributed by atoms with E-state index in [4.69, 9.17) is 4.74 Å². The predicted molar refractivity (Wildman–Crippen MR) is 90.6 cm³/mol. The Morgan fingerprint density at radius 3 is 2.33 bits per heavy atom. The van der Waals surface area contributed by atoms with Crippen molar-refractivity contribution >= 4 is 10.0 Å². The molecule has 0 aromatic carbocycles. The van der Waals surface area contributed by atoms with Crippen LogP contribution in [0.1, 0.15) is 24.2 Å². The molecule has 0 radical (unpaired) electrons. The molecule has 0 aliphatic carbocycles. The fourth-order valence-corrected chi connectivity index (χ4v) is 6.14. The summed E-state index contributed by atoms with van der Waals surface area (Å²) in [5, 5.41) is 0. The Morgan fingerprint density at radius 2 is 1.78 bits per heavy atom. The minimum absolute atomic E-state index is 0.0153. The standard InChI is InChI=1S/C17H22F3N3O3S/c1-12-14(2-3-15(21-12)17(18,19)20)27(24,25)23-10-16(11-23)8-22(9-16)13-4-6-26-7-5-13/h2-3,13H,4-11H2,1H3. The molecule has 1 aromatic heterocycles. The molecule has 0 atom stereocenters. The van der Waals surface area contributed by atoms with Crippen LogP contribution in [-0.4, -0.2) is 68.0 Å². The summed E-state index contributed by atoms with van der Waals surface area (Å²) < 4.78 is 70.5. The van der Waals surface area contributed by atoms with Gasteiger partial charge in [0.1, 0.15) is 10.6 Å². The third kappa shape index (κ3) is 3.37. The normalized spacial score (nSPS) is 24.6. The van der Waals surface area contributed by atoms with Gasteiger partial charge in [0.25, 0.3) is 0 Å². The highest BCUT2D eigenvalue weighted by atomic mass is 32.2. The first kappa shape index (κ1) is 19.1. The van der Waals surface area contributed by atoms with Crippen molar-refractivity contribution in [3.05, 3.63) is 23.5 Å². The summed E-state index contributed by atoms with van der Waals surface area (Å²) in [5.41, 5.74) is -1.22. The smallest absolute Gasteiger partial charge is 0.381 e. The van der Waals surface area contributed by atoms with E-state index >= 15 is 0 Å². The van der Waals surface area contributed by atoms with Crippen molar-refractivity contribution in [1.29, 1.82) is 0 Å². The van der Waals surface area contributed by atoms with E-state index in [2.05, 4.69) is 9.88 Å². The lowest BCUT2D eigenvalue weighted by atomic mass is 9.73. The number of sulfonamides is 1. The van der Waals surface area contributed by atoms with E-state index < -0.39 is 21.9 Å². The van der Waals surface area contributed by atoms with Crippen LogP contribution in [0.25, 0.3) is 0 Å². The predicted octanol–water partition coefficient (Wildman–Crippen LogP) is 1.89. The molecular weight excluding hydrogens is 383 g/mol. The number of pyridine rings is 1. The SMILES string of the molecule is Cc1nc(C(F)(F)F)ccc1S(=O)(=O)N1CC2(CN(C3CCOCC3)C2)C1. The van der Waals surface area contributed by atoms with E-state index in [0.29, 0.717) is 19.1 Å². The van der Waals surface area contributed by atoms with Crippen LogP contribution in [0, 0.1) is 12.3 Å². The number of hydrogen-bond acceptors (Lipinski definition) is 5. The Bertz CT molecular complexity index is 824. The van der Waals surface area contributed by atoms with Crippen LogP contribution in [0.2, 0.25) is 0 Å². The molecule has 6 nitrogen and oxygen atoms in total. The van der Waals surface area contributed by atoms with Crippen molar-refractivity contribution in [3.63, 3.8) is 0 Å². The van der Waals surface area contributed by atoms with Gasteiger partial charge in [0.15, 0.2) is 0 Å². The lowest BCUT2D eigenvalue weighted by molar-refractivity contribution is -0.141. The number of ether oxygens (including phenoxy) is 1. The zero-order valence-corrected chi connectivity index (χ0v) is 15.8. The lowest BCUT2D eigenvalue weighted by Crippen LogP contribution is -2.74. The topological polar surface area (TPSA) is 62.7 Å². The third-order valence-corrected chi connectivity index (χ3v) is 7.68. The van der Waals surface area contributed by atoms with Crippen molar-refractivity contribution in [2.45, 2.75) is 36.9 Å². The third-order valence-electron chi connectivity index (χ3n) is 5.75. The summed E-state index contributed by atoms with van der Waals surface area (Å²) in [6, 6.07) is 2.25. The second kappa shape index (κ2) is 6.40. The van der Waals surface area contributed by atoms with Crippen molar-refractivity contribution in [1.82, 2.24) is 14.2 Å². The molecule has 4 heterocycles. The minimum atomic E-state index is -4.59. The van der Waals surface area contributed by atoms with Gasteiger partial charge in [-0.05, 0) is 31.9 Å². The second-order valence-corrected chi connectivity index (χ2v) is 9.71. The summed E-state index contributed by atoms with van der Waals surface area (Å²) in [4.78, 5) is 5.68. The van der Waals surface area contributed by atoms with Crippen LogP contribution in [0.4, 0.5) is 13.2 Å². The fourth-order valence-electron chi connectivity index (χ4n) is 4.31. The molecule has 0 bridgehead atoms. The fraction of sp³-hybridized carbons (Fsp3) is 0.706. The number of aryl methyl sites for hydroxylation is 1. The number of nitrogens with zero attached hydrogens (tertiary/aromatic N) is 3. The second-order valence-electron chi connectivity index (χ2n) is 7.80. The molecule has 3 aliphatic heterocycles. The van der Waals surface area contributed by atoms with Crippen LogP contribution in [0.15, 0.2) is 17.0 Å². The summed E-state index contributed by atoms with van der Waals surface area (Å²) in [5.74, 6) is 0. The molecule has 150 valence electrons. The molecule has 0 N–H and O–H groups in total. The van der Waals surface area contributed by atoms with Crippen molar-refractivity contribution in [2.75, 3.05) is 39.4 Å². The molecule has 1 aromatic rings. The Labute approximate surface area is 156 Å². The molecule has 0 saturated carbocycles. The largest absolute Gasteiger partial charge is 0.433 e. The summed E-state index contributed by atoms with van der Waals surface area (Å²) >= 11 is 0. The van der Waals surface area contributed by atoms with Gasteiger partial charge in [0, 0.05) is 50.8 Å². The van der Waals surface area contributed by atoms with E-state index in [-0.39, 0.29) is 16.0 Å². The van der Waals surface area contributed by atoms with Crippen LogP contribution in [0.5, 0.6) is 0 Å². The van der Waals surface area contributed by atoms with Gasteiger partial charge in [0.2, 0.25) is 10.0 Å². The maximum absolute atomic E-state index is 12.8. The van der Waals surface area contributed by atoms with Gasteiger partial charge in [-0.2, -0.15) is 17.5 Å². The Morgan fingerprint density at radius 1 is 1.15 bits per heavy atom. The summed E-state index contributed by atoms with van der Waals surface area (Å²) in [6.45, 7) is 5.41. The number of aromatic nitrogens is 1. The quantitative estimate of drug-likeness (QED) is 0.769. The summed E-state index contributed by atoms with van der Waals surface area (Å²) in [7, 11) is -3.82. The van der Waals surface area contributed by atoms with Crippen molar-refractivity contribution in [3.8, 4) is 0 Å². The molecule has 0 unspecified atom stereocenters. The molecule has 3 fully saturated rings. The van der Waals surface area contributed by atoms with E-state index in [1.54, 1.807) is 0 Å². The number of alkyl halides is 3. The first-order valence-electron chi connectivity index (χ1n) is 8.98. The molecule has 10 heteroatoms. The monoisotopic (exact) mass is 405 g/mol. The molecule has 3 aliphatic rings. The Balaban J connectivity index is 1.40. The molecule has 3 saturated heterocycles.